The molecule has 23 heavy (non-hydrogen) atoms. The summed E-state index contributed by atoms with van der Waals surface area (Å²) in [5, 5.41) is 3.79. The fraction of sp³-hybridized carbons (Fsp3) is 0.588. The number of rotatable bonds is 3. The van der Waals surface area contributed by atoms with Gasteiger partial charge in [0.2, 0.25) is 0 Å². The van der Waals surface area contributed by atoms with Gasteiger partial charge in [-0.2, -0.15) is 0 Å². The highest BCUT2D eigenvalue weighted by Crippen LogP contribution is 2.31. The van der Waals surface area contributed by atoms with Crippen LogP contribution in [-0.2, 0) is 9.47 Å². The standard InChI is InChI=1S/C17H23ClN2O3/c1-2-15(13-4-3-5-14(18)12-13)19-16(21)20-8-6-17(7-9-20)22-10-11-23-17/h3-5,12,15H,2,6-11H2,1H3,(H,19,21)/t15-/m0/s1. The smallest absolute Gasteiger partial charge is 0.317 e. The minimum Gasteiger partial charge on any atom is -0.347 e. The lowest BCUT2D eigenvalue weighted by Crippen LogP contribution is -2.50. The molecule has 2 aliphatic rings. The Morgan fingerprint density at radius 2 is 2.04 bits per heavy atom. The van der Waals surface area contributed by atoms with Crippen molar-refractivity contribution in [2.45, 2.75) is 38.0 Å². The van der Waals surface area contributed by atoms with E-state index in [0.717, 1.165) is 24.8 Å². The van der Waals surface area contributed by atoms with Crippen LogP contribution in [0.1, 0.15) is 37.8 Å². The van der Waals surface area contributed by atoms with E-state index in [9.17, 15) is 4.79 Å². The second-order valence-electron chi connectivity index (χ2n) is 6.06. The molecule has 0 aliphatic carbocycles. The fourth-order valence-corrected chi connectivity index (χ4v) is 3.42. The van der Waals surface area contributed by atoms with Crippen LogP contribution in [0.5, 0.6) is 0 Å². The first-order valence-electron chi connectivity index (χ1n) is 8.21. The normalized spacial score (nSPS) is 21.4. The number of ether oxygens (including phenoxy) is 2. The van der Waals surface area contributed by atoms with Crippen LogP contribution in [0.4, 0.5) is 4.79 Å². The van der Waals surface area contributed by atoms with Crippen molar-refractivity contribution in [2.75, 3.05) is 26.3 Å². The summed E-state index contributed by atoms with van der Waals surface area (Å²) in [6, 6.07) is 7.57. The highest BCUT2D eigenvalue weighted by molar-refractivity contribution is 6.30. The molecule has 3 rings (SSSR count). The molecule has 126 valence electrons. The van der Waals surface area contributed by atoms with Crippen LogP contribution in [0, 0.1) is 0 Å². The fourth-order valence-electron chi connectivity index (χ4n) is 3.22. The summed E-state index contributed by atoms with van der Waals surface area (Å²) in [4.78, 5) is 14.4. The van der Waals surface area contributed by atoms with Crippen molar-refractivity contribution in [1.82, 2.24) is 10.2 Å². The lowest BCUT2D eigenvalue weighted by atomic mass is 10.0. The van der Waals surface area contributed by atoms with E-state index in [0.29, 0.717) is 31.3 Å². The molecule has 2 saturated heterocycles. The van der Waals surface area contributed by atoms with Gasteiger partial charge in [-0.25, -0.2) is 4.79 Å². The lowest BCUT2D eigenvalue weighted by molar-refractivity contribution is -0.181. The van der Waals surface area contributed by atoms with Gasteiger partial charge in [-0.1, -0.05) is 30.7 Å². The molecular formula is C17H23ClN2O3. The molecule has 0 saturated carbocycles. The molecule has 1 N–H and O–H groups in total. The zero-order chi connectivity index (χ0) is 16.3. The number of nitrogens with zero attached hydrogens (tertiary/aromatic N) is 1. The van der Waals surface area contributed by atoms with Crippen LogP contribution in [0.25, 0.3) is 0 Å². The van der Waals surface area contributed by atoms with Crippen molar-refractivity contribution in [3.05, 3.63) is 34.9 Å². The first-order chi connectivity index (χ1) is 11.1. The van der Waals surface area contributed by atoms with Crippen LogP contribution < -0.4 is 5.32 Å². The molecule has 1 spiro atoms. The number of hydrogen-bond donors (Lipinski definition) is 1. The summed E-state index contributed by atoms with van der Waals surface area (Å²) in [5.74, 6) is -0.451. The number of nitrogens with one attached hydrogen (secondary N) is 1. The summed E-state index contributed by atoms with van der Waals surface area (Å²) in [5.41, 5.74) is 1.03. The number of piperidine rings is 1. The molecular weight excluding hydrogens is 316 g/mol. The van der Waals surface area contributed by atoms with Crippen LogP contribution in [0.2, 0.25) is 5.02 Å². The molecule has 0 unspecified atom stereocenters. The number of likely N-dealkylation sites (tertiary alicyclic amines) is 1. The third-order valence-corrected chi connectivity index (χ3v) is 4.82. The van der Waals surface area contributed by atoms with E-state index in [1.165, 1.54) is 0 Å². The Morgan fingerprint density at radius 3 is 2.65 bits per heavy atom. The Kier molecular flexibility index (Phi) is 5.09. The Hall–Kier alpha value is -1.30. The largest absolute Gasteiger partial charge is 0.347 e. The highest BCUT2D eigenvalue weighted by atomic mass is 35.5. The second kappa shape index (κ2) is 7.07. The third kappa shape index (κ3) is 3.79. The first-order valence-corrected chi connectivity index (χ1v) is 8.58. The Bertz CT molecular complexity index is 551. The van der Waals surface area contributed by atoms with E-state index in [-0.39, 0.29) is 12.1 Å². The van der Waals surface area contributed by atoms with E-state index < -0.39 is 5.79 Å². The Labute approximate surface area is 141 Å². The van der Waals surface area contributed by atoms with Crippen molar-refractivity contribution in [3.63, 3.8) is 0 Å². The molecule has 2 amide bonds. The monoisotopic (exact) mass is 338 g/mol. The average Bonchev–Trinajstić information content (AvgIpc) is 3.01. The van der Waals surface area contributed by atoms with E-state index >= 15 is 0 Å². The molecule has 5 nitrogen and oxygen atoms in total. The molecule has 0 bridgehead atoms. The molecule has 2 aliphatic heterocycles. The number of benzene rings is 1. The number of urea groups is 1. The average molecular weight is 339 g/mol. The summed E-state index contributed by atoms with van der Waals surface area (Å²) >= 11 is 6.05. The van der Waals surface area contributed by atoms with Gasteiger partial charge < -0.3 is 19.7 Å². The predicted molar refractivity (Wildman–Crippen MR) is 88.5 cm³/mol. The Morgan fingerprint density at radius 1 is 1.35 bits per heavy atom. The van der Waals surface area contributed by atoms with Gasteiger partial charge in [0.25, 0.3) is 0 Å². The minimum absolute atomic E-state index is 0.0314. The van der Waals surface area contributed by atoms with Crippen LogP contribution in [-0.4, -0.2) is 43.0 Å². The zero-order valence-corrected chi connectivity index (χ0v) is 14.1. The van der Waals surface area contributed by atoms with Gasteiger partial charge in [0.05, 0.1) is 19.3 Å². The van der Waals surface area contributed by atoms with E-state index in [4.69, 9.17) is 21.1 Å². The second-order valence-corrected chi connectivity index (χ2v) is 6.50. The molecule has 1 aromatic carbocycles. The third-order valence-electron chi connectivity index (χ3n) is 4.58. The summed E-state index contributed by atoms with van der Waals surface area (Å²) < 4.78 is 11.4. The number of amides is 2. The van der Waals surface area contributed by atoms with E-state index in [2.05, 4.69) is 12.2 Å². The zero-order valence-electron chi connectivity index (χ0n) is 13.4. The topological polar surface area (TPSA) is 50.8 Å². The van der Waals surface area contributed by atoms with Gasteiger partial charge in [-0.15, -0.1) is 0 Å². The molecule has 1 aromatic rings. The summed E-state index contributed by atoms with van der Waals surface area (Å²) in [6.07, 6.45) is 2.28. The van der Waals surface area contributed by atoms with Gasteiger partial charge in [0.15, 0.2) is 5.79 Å². The minimum atomic E-state index is -0.451. The van der Waals surface area contributed by atoms with Gasteiger partial charge >= 0.3 is 6.03 Å². The van der Waals surface area contributed by atoms with Gasteiger partial charge in [0.1, 0.15) is 0 Å². The maximum Gasteiger partial charge on any atom is 0.317 e. The molecule has 0 radical (unpaired) electrons. The highest BCUT2D eigenvalue weighted by Gasteiger charge is 2.40. The molecule has 0 aromatic heterocycles. The summed E-state index contributed by atoms with van der Waals surface area (Å²) in [7, 11) is 0. The van der Waals surface area contributed by atoms with Crippen molar-refractivity contribution in [2.24, 2.45) is 0 Å². The lowest BCUT2D eigenvalue weighted by Gasteiger charge is -2.38. The van der Waals surface area contributed by atoms with Crippen LogP contribution in [0.15, 0.2) is 24.3 Å². The quantitative estimate of drug-likeness (QED) is 0.919. The van der Waals surface area contributed by atoms with E-state index in [1.807, 2.05) is 29.2 Å². The van der Waals surface area contributed by atoms with Gasteiger partial charge in [-0.3, -0.25) is 0 Å². The van der Waals surface area contributed by atoms with Gasteiger partial charge in [-0.05, 0) is 24.1 Å². The van der Waals surface area contributed by atoms with Crippen molar-refractivity contribution in [1.29, 1.82) is 0 Å². The SMILES string of the molecule is CC[C@H](NC(=O)N1CCC2(CC1)OCCO2)c1cccc(Cl)c1. The van der Waals surface area contributed by atoms with Crippen molar-refractivity contribution >= 4 is 17.6 Å². The number of carbonyl (C=O) groups excluding carboxylic acids is 1. The maximum absolute atomic E-state index is 12.5. The molecule has 2 heterocycles. The molecule has 2 fully saturated rings. The van der Waals surface area contributed by atoms with Crippen LogP contribution >= 0.6 is 11.6 Å². The summed E-state index contributed by atoms with van der Waals surface area (Å²) in [6.45, 7) is 4.66. The number of halogens is 1. The number of carbonyl (C=O) groups is 1. The predicted octanol–water partition coefficient (Wildman–Crippen LogP) is 3.34. The molecule has 6 heteroatoms. The number of hydrogen-bond acceptors (Lipinski definition) is 3. The molecule has 1 atom stereocenters. The maximum atomic E-state index is 12.5. The first kappa shape index (κ1) is 16.6. The van der Waals surface area contributed by atoms with Crippen molar-refractivity contribution in [3.8, 4) is 0 Å². The Balaban J connectivity index is 1.58. The van der Waals surface area contributed by atoms with E-state index in [1.54, 1.807) is 0 Å². The van der Waals surface area contributed by atoms with Crippen LogP contribution in [0.3, 0.4) is 0 Å². The van der Waals surface area contributed by atoms with Gasteiger partial charge in [0, 0.05) is 31.0 Å². The van der Waals surface area contributed by atoms with Crippen molar-refractivity contribution < 1.29 is 14.3 Å².